The zero-order chi connectivity index (χ0) is 48.6. The first-order valence-electron chi connectivity index (χ1n) is 29.1. The van der Waals surface area contributed by atoms with E-state index in [1.54, 1.807) is 0 Å². The molecule has 6 nitrogen and oxygen atoms in total. The van der Waals surface area contributed by atoms with Gasteiger partial charge in [0, 0.05) is 19.3 Å². The molecule has 0 bridgehead atoms. The van der Waals surface area contributed by atoms with Gasteiger partial charge in [0.05, 0.1) is 0 Å². The Labute approximate surface area is 416 Å². The summed E-state index contributed by atoms with van der Waals surface area (Å²) in [5.74, 6) is -0.876. The number of carbonyl (C=O) groups is 3. The Bertz CT molecular complexity index is 1170. The van der Waals surface area contributed by atoms with E-state index in [2.05, 4.69) is 69.4 Å². The zero-order valence-electron chi connectivity index (χ0n) is 44.7. The van der Waals surface area contributed by atoms with E-state index in [-0.39, 0.29) is 31.1 Å². The summed E-state index contributed by atoms with van der Waals surface area (Å²) >= 11 is 0. The van der Waals surface area contributed by atoms with Gasteiger partial charge in [-0.3, -0.25) is 14.4 Å². The van der Waals surface area contributed by atoms with Crippen LogP contribution in [0, 0.1) is 0 Å². The molecule has 0 rings (SSSR count). The number of allylic oxidation sites excluding steroid dienone is 8. The van der Waals surface area contributed by atoms with E-state index in [1.807, 2.05) is 0 Å². The minimum absolute atomic E-state index is 0.0734. The van der Waals surface area contributed by atoms with Crippen LogP contribution in [0.25, 0.3) is 0 Å². The molecule has 1 atom stereocenters. The predicted molar refractivity (Wildman–Crippen MR) is 289 cm³/mol. The summed E-state index contributed by atoms with van der Waals surface area (Å²) in [6, 6.07) is 0. The summed E-state index contributed by atoms with van der Waals surface area (Å²) in [7, 11) is 0. The molecule has 0 spiro atoms. The molecule has 0 aromatic heterocycles. The van der Waals surface area contributed by atoms with Crippen LogP contribution in [-0.4, -0.2) is 37.2 Å². The van der Waals surface area contributed by atoms with Crippen molar-refractivity contribution in [2.24, 2.45) is 0 Å². The van der Waals surface area contributed by atoms with Gasteiger partial charge in [0.25, 0.3) is 0 Å². The van der Waals surface area contributed by atoms with Crippen LogP contribution >= 0.6 is 0 Å². The molecule has 0 heterocycles. The van der Waals surface area contributed by atoms with Gasteiger partial charge in [-0.25, -0.2) is 0 Å². The molecule has 0 radical (unpaired) electrons. The van der Waals surface area contributed by atoms with Crippen LogP contribution in [0.2, 0.25) is 0 Å². The lowest BCUT2D eigenvalue weighted by Crippen LogP contribution is -2.30. The van der Waals surface area contributed by atoms with E-state index in [1.165, 1.54) is 173 Å². The summed E-state index contributed by atoms with van der Waals surface area (Å²) in [5.41, 5.74) is 0. The van der Waals surface area contributed by atoms with Gasteiger partial charge in [0.1, 0.15) is 13.2 Å². The molecule has 0 aromatic carbocycles. The van der Waals surface area contributed by atoms with Crippen molar-refractivity contribution in [3.05, 3.63) is 48.6 Å². The lowest BCUT2D eigenvalue weighted by molar-refractivity contribution is -0.167. The van der Waals surface area contributed by atoms with Gasteiger partial charge >= 0.3 is 17.9 Å². The Morgan fingerprint density at radius 1 is 0.299 bits per heavy atom. The van der Waals surface area contributed by atoms with Crippen molar-refractivity contribution >= 4 is 17.9 Å². The third-order valence-corrected chi connectivity index (χ3v) is 12.8. The van der Waals surface area contributed by atoms with Crippen LogP contribution in [0.3, 0.4) is 0 Å². The molecule has 67 heavy (non-hydrogen) atoms. The largest absolute Gasteiger partial charge is 0.462 e. The molecule has 0 aromatic rings. The van der Waals surface area contributed by atoms with Gasteiger partial charge < -0.3 is 14.2 Å². The van der Waals surface area contributed by atoms with Crippen LogP contribution in [0.4, 0.5) is 0 Å². The maximum atomic E-state index is 12.7. The van der Waals surface area contributed by atoms with Gasteiger partial charge in [-0.2, -0.15) is 0 Å². The maximum absolute atomic E-state index is 12.7. The number of ether oxygens (including phenoxy) is 3. The smallest absolute Gasteiger partial charge is 0.306 e. The maximum Gasteiger partial charge on any atom is 0.306 e. The summed E-state index contributed by atoms with van der Waals surface area (Å²) in [6.07, 6.45) is 68.4. The van der Waals surface area contributed by atoms with Crippen molar-refractivity contribution in [1.82, 2.24) is 0 Å². The Kier molecular flexibility index (Phi) is 53.8. The van der Waals surface area contributed by atoms with E-state index in [9.17, 15) is 14.4 Å². The molecule has 0 aliphatic carbocycles. The Balaban J connectivity index is 4.06. The lowest BCUT2D eigenvalue weighted by Gasteiger charge is -2.18. The number of rotatable bonds is 53. The summed E-state index contributed by atoms with van der Waals surface area (Å²) < 4.78 is 16.8. The standard InChI is InChI=1S/C61H110O6/c1-4-7-10-13-16-19-22-23-24-25-26-27-28-29-30-31-32-33-34-35-36-37-38-39-40-43-45-48-51-54-60(63)66-57-58(67-61(64)55-52-49-46-42-21-18-15-12-9-6-3)56-65-59(62)53-50-47-44-41-20-17-14-11-8-5-2/h12,15,22-23,25-26,28-29,58H,4-11,13-14,16-21,24,27,30-57H2,1-3H3/b15-12-,23-22-,26-25-,29-28-. The van der Waals surface area contributed by atoms with Crippen molar-refractivity contribution in [3.63, 3.8) is 0 Å². The van der Waals surface area contributed by atoms with Gasteiger partial charge in [0.2, 0.25) is 0 Å². The SMILES string of the molecule is CCC/C=C\CCCCCCCC(=O)OC(COC(=O)CCCCCCCCCCCC)COC(=O)CCCCCCCCCCCCCCCC/C=C\C/C=C\C/C=C\CCCCCCC. The summed E-state index contributed by atoms with van der Waals surface area (Å²) in [5, 5.41) is 0. The van der Waals surface area contributed by atoms with Crippen LogP contribution in [0.1, 0.15) is 303 Å². The van der Waals surface area contributed by atoms with Crippen molar-refractivity contribution in [1.29, 1.82) is 0 Å². The summed E-state index contributed by atoms with van der Waals surface area (Å²) in [6.45, 7) is 6.57. The number of hydrogen-bond donors (Lipinski definition) is 0. The highest BCUT2D eigenvalue weighted by Crippen LogP contribution is 2.16. The van der Waals surface area contributed by atoms with Gasteiger partial charge in [-0.15, -0.1) is 0 Å². The van der Waals surface area contributed by atoms with Gasteiger partial charge in [0.15, 0.2) is 6.10 Å². The number of esters is 3. The van der Waals surface area contributed by atoms with E-state index < -0.39 is 6.10 Å². The second-order valence-corrected chi connectivity index (χ2v) is 19.6. The molecular formula is C61H110O6. The highest BCUT2D eigenvalue weighted by molar-refractivity contribution is 5.71. The third kappa shape index (κ3) is 54.2. The Morgan fingerprint density at radius 2 is 0.567 bits per heavy atom. The summed E-state index contributed by atoms with van der Waals surface area (Å²) in [4.78, 5) is 37.9. The normalized spacial score (nSPS) is 12.3. The van der Waals surface area contributed by atoms with E-state index in [0.29, 0.717) is 19.3 Å². The molecule has 0 saturated heterocycles. The second-order valence-electron chi connectivity index (χ2n) is 19.6. The Hall–Kier alpha value is -2.63. The van der Waals surface area contributed by atoms with E-state index in [4.69, 9.17) is 14.2 Å². The Morgan fingerprint density at radius 3 is 0.910 bits per heavy atom. The fraction of sp³-hybridized carbons (Fsp3) is 0.820. The third-order valence-electron chi connectivity index (χ3n) is 12.8. The van der Waals surface area contributed by atoms with Gasteiger partial charge in [-0.05, 0) is 77.0 Å². The molecule has 0 saturated carbocycles. The minimum atomic E-state index is -0.772. The molecule has 0 aliphatic rings. The highest BCUT2D eigenvalue weighted by Gasteiger charge is 2.19. The average molecular weight is 940 g/mol. The fourth-order valence-electron chi connectivity index (χ4n) is 8.39. The topological polar surface area (TPSA) is 78.9 Å². The number of carbonyl (C=O) groups excluding carboxylic acids is 3. The average Bonchev–Trinajstić information content (AvgIpc) is 3.33. The first-order chi connectivity index (χ1) is 33.0. The highest BCUT2D eigenvalue weighted by atomic mass is 16.6. The van der Waals surface area contributed by atoms with Crippen molar-refractivity contribution in [3.8, 4) is 0 Å². The molecule has 0 amide bonds. The molecule has 0 fully saturated rings. The molecule has 6 heteroatoms. The quantitative estimate of drug-likeness (QED) is 0.0262. The number of unbranched alkanes of at least 4 members (excludes halogenated alkanes) is 34. The van der Waals surface area contributed by atoms with Crippen molar-refractivity contribution in [2.45, 2.75) is 309 Å². The second kappa shape index (κ2) is 56.0. The first-order valence-corrected chi connectivity index (χ1v) is 29.1. The molecular weight excluding hydrogens is 829 g/mol. The van der Waals surface area contributed by atoms with E-state index >= 15 is 0 Å². The van der Waals surface area contributed by atoms with Crippen LogP contribution < -0.4 is 0 Å². The minimum Gasteiger partial charge on any atom is -0.462 e. The lowest BCUT2D eigenvalue weighted by atomic mass is 10.0. The first kappa shape index (κ1) is 64.4. The monoisotopic (exact) mass is 939 g/mol. The molecule has 0 N–H and O–H groups in total. The predicted octanol–water partition coefficient (Wildman–Crippen LogP) is 19.4. The number of hydrogen-bond acceptors (Lipinski definition) is 6. The molecule has 0 aliphatic heterocycles. The van der Waals surface area contributed by atoms with Crippen molar-refractivity contribution in [2.75, 3.05) is 13.2 Å². The van der Waals surface area contributed by atoms with Crippen molar-refractivity contribution < 1.29 is 28.6 Å². The van der Waals surface area contributed by atoms with Gasteiger partial charge in [-0.1, -0.05) is 256 Å². The molecule has 1 unspecified atom stereocenters. The fourth-order valence-corrected chi connectivity index (χ4v) is 8.39. The van der Waals surface area contributed by atoms with Crippen LogP contribution in [0.15, 0.2) is 48.6 Å². The zero-order valence-corrected chi connectivity index (χ0v) is 44.7. The van der Waals surface area contributed by atoms with E-state index in [0.717, 1.165) is 89.9 Å². The molecule has 390 valence electrons. The van der Waals surface area contributed by atoms with Crippen LogP contribution in [0.5, 0.6) is 0 Å². The van der Waals surface area contributed by atoms with Crippen LogP contribution in [-0.2, 0) is 28.6 Å².